The number of hydrogen-bond acceptors (Lipinski definition) is 4. The van der Waals surface area contributed by atoms with Crippen LogP contribution in [0.5, 0.6) is 0 Å². The highest BCUT2D eigenvalue weighted by Crippen LogP contribution is 2.33. The summed E-state index contributed by atoms with van der Waals surface area (Å²) in [7, 11) is 0. The van der Waals surface area contributed by atoms with E-state index < -0.39 is 10.9 Å². The zero-order chi connectivity index (χ0) is 18.1. The van der Waals surface area contributed by atoms with Gasteiger partial charge in [-0.3, -0.25) is 10.1 Å². The van der Waals surface area contributed by atoms with Gasteiger partial charge < -0.3 is 9.72 Å². The summed E-state index contributed by atoms with van der Waals surface area (Å²) >= 11 is 0. The molecule has 0 aliphatic heterocycles. The van der Waals surface area contributed by atoms with E-state index in [4.69, 9.17) is 4.74 Å². The topological polar surface area (TPSA) is 85.2 Å². The number of H-pyrrole nitrogens is 1. The Kier molecular flexibility index (Phi) is 4.27. The summed E-state index contributed by atoms with van der Waals surface area (Å²) in [5, 5.41) is 13.6. The molecule has 0 amide bonds. The first kappa shape index (κ1) is 16.7. The number of benzene rings is 2. The number of carbonyl (C=O) groups excluding carboxylic acids is 1. The van der Waals surface area contributed by atoms with E-state index in [1.807, 2.05) is 37.3 Å². The second-order valence-corrected chi connectivity index (χ2v) is 5.82. The summed E-state index contributed by atoms with van der Waals surface area (Å²) in [6.45, 7) is 5.36. The zero-order valence-electron chi connectivity index (χ0n) is 14.3. The SMILES string of the molecule is CCOC(=O)c1[nH]c2c(cc(C=C(C)[N+](=O)[O-])c3ccccc32)c1C. The fourth-order valence-electron chi connectivity index (χ4n) is 2.99. The smallest absolute Gasteiger partial charge is 0.355 e. The van der Waals surface area contributed by atoms with Crippen molar-refractivity contribution in [1.29, 1.82) is 0 Å². The van der Waals surface area contributed by atoms with Crippen LogP contribution in [0.4, 0.5) is 0 Å². The number of carbonyl (C=O) groups is 1. The van der Waals surface area contributed by atoms with E-state index in [0.29, 0.717) is 12.3 Å². The number of esters is 1. The van der Waals surface area contributed by atoms with Gasteiger partial charge in [0.15, 0.2) is 0 Å². The maximum Gasteiger partial charge on any atom is 0.355 e. The molecule has 2 aromatic carbocycles. The van der Waals surface area contributed by atoms with Gasteiger partial charge in [0.25, 0.3) is 0 Å². The largest absolute Gasteiger partial charge is 0.461 e. The van der Waals surface area contributed by atoms with Gasteiger partial charge in [0.05, 0.1) is 17.0 Å². The molecule has 6 heteroatoms. The molecule has 0 spiro atoms. The van der Waals surface area contributed by atoms with Crippen LogP contribution in [-0.4, -0.2) is 22.5 Å². The number of aromatic nitrogens is 1. The molecule has 1 N–H and O–H groups in total. The molecule has 6 nitrogen and oxygen atoms in total. The summed E-state index contributed by atoms with van der Waals surface area (Å²) < 4.78 is 5.11. The van der Waals surface area contributed by atoms with Crippen molar-refractivity contribution >= 4 is 33.7 Å². The highest BCUT2D eigenvalue weighted by molar-refractivity contribution is 6.12. The van der Waals surface area contributed by atoms with Crippen molar-refractivity contribution in [2.75, 3.05) is 6.61 Å². The van der Waals surface area contributed by atoms with E-state index in [1.165, 1.54) is 6.92 Å². The molecular formula is C19H18N2O4. The van der Waals surface area contributed by atoms with Crippen LogP contribution in [0.25, 0.3) is 27.8 Å². The second kappa shape index (κ2) is 6.39. The number of nitrogens with one attached hydrogen (secondary N) is 1. The average Bonchev–Trinajstić information content (AvgIpc) is 2.92. The van der Waals surface area contributed by atoms with E-state index in [0.717, 1.165) is 32.8 Å². The van der Waals surface area contributed by atoms with E-state index >= 15 is 0 Å². The van der Waals surface area contributed by atoms with Crippen molar-refractivity contribution in [1.82, 2.24) is 4.98 Å². The van der Waals surface area contributed by atoms with Gasteiger partial charge in [0.2, 0.25) is 5.70 Å². The number of nitrogens with zero attached hydrogens (tertiary/aromatic N) is 1. The number of rotatable bonds is 4. The standard InChI is InChI=1S/C19H18N2O4/c1-4-25-19(22)17-12(3)16-10-13(9-11(2)21(23)24)14-7-5-6-8-15(14)18(16)20-17/h5-10,20H,4H2,1-3H3. The number of fused-ring (bicyclic) bond motifs is 3. The van der Waals surface area contributed by atoms with Crippen LogP contribution >= 0.6 is 0 Å². The third kappa shape index (κ3) is 2.87. The molecule has 0 aliphatic rings. The quantitative estimate of drug-likeness (QED) is 0.433. The molecule has 0 fully saturated rings. The van der Waals surface area contributed by atoms with Crippen molar-refractivity contribution in [3.8, 4) is 0 Å². The van der Waals surface area contributed by atoms with Crippen LogP contribution in [0.3, 0.4) is 0 Å². The lowest BCUT2D eigenvalue weighted by molar-refractivity contribution is -0.422. The molecule has 0 aliphatic carbocycles. The van der Waals surface area contributed by atoms with Crippen molar-refractivity contribution in [2.24, 2.45) is 0 Å². The van der Waals surface area contributed by atoms with Crippen LogP contribution < -0.4 is 0 Å². The number of aryl methyl sites for hydroxylation is 1. The van der Waals surface area contributed by atoms with Gasteiger partial charge in [0.1, 0.15) is 5.69 Å². The van der Waals surface area contributed by atoms with Gasteiger partial charge in [0, 0.05) is 23.8 Å². The van der Waals surface area contributed by atoms with Gasteiger partial charge in [-0.2, -0.15) is 0 Å². The molecule has 25 heavy (non-hydrogen) atoms. The summed E-state index contributed by atoms with van der Waals surface area (Å²) in [5.74, 6) is -0.404. The second-order valence-electron chi connectivity index (χ2n) is 5.82. The van der Waals surface area contributed by atoms with E-state index in [1.54, 1.807) is 13.0 Å². The van der Waals surface area contributed by atoms with Crippen LogP contribution in [-0.2, 0) is 4.74 Å². The molecule has 0 saturated carbocycles. The van der Waals surface area contributed by atoms with Gasteiger partial charge in [-0.1, -0.05) is 24.3 Å². The monoisotopic (exact) mass is 338 g/mol. The predicted octanol–water partition coefficient (Wildman–Crippen LogP) is 4.44. The van der Waals surface area contributed by atoms with Gasteiger partial charge >= 0.3 is 5.97 Å². The molecule has 128 valence electrons. The molecule has 0 atom stereocenters. The van der Waals surface area contributed by atoms with Crippen molar-refractivity contribution < 1.29 is 14.5 Å². The molecular weight excluding hydrogens is 320 g/mol. The van der Waals surface area contributed by atoms with Crippen molar-refractivity contribution in [3.63, 3.8) is 0 Å². The highest BCUT2D eigenvalue weighted by atomic mass is 16.6. The molecule has 0 saturated heterocycles. The summed E-state index contributed by atoms with van der Waals surface area (Å²) in [5.41, 5.74) is 2.81. The van der Waals surface area contributed by atoms with E-state index in [2.05, 4.69) is 4.98 Å². The van der Waals surface area contributed by atoms with E-state index in [9.17, 15) is 14.9 Å². The van der Waals surface area contributed by atoms with Crippen LogP contribution in [0.15, 0.2) is 36.0 Å². The third-order valence-corrected chi connectivity index (χ3v) is 4.24. The molecule has 1 aromatic heterocycles. The summed E-state index contributed by atoms with van der Waals surface area (Å²) in [4.78, 5) is 25.9. The average molecular weight is 338 g/mol. The minimum Gasteiger partial charge on any atom is -0.461 e. The summed E-state index contributed by atoms with van der Waals surface area (Å²) in [6, 6.07) is 9.50. The van der Waals surface area contributed by atoms with Crippen molar-refractivity contribution in [3.05, 3.63) is 63.0 Å². The Bertz CT molecular complexity index is 1030. The summed E-state index contributed by atoms with van der Waals surface area (Å²) in [6.07, 6.45) is 1.55. The zero-order valence-corrected chi connectivity index (χ0v) is 14.3. The van der Waals surface area contributed by atoms with Crippen LogP contribution in [0.1, 0.15) is 35.5 Å². The molecule has 0 unspecified atom stereocenters. The minimum atomic E-state index is -0.410. The fraction of sp³-hybridized carbons (Fsp3) is 0.211. The Labute approximate surface area is 144 Å². The molecule has 0 radical (unpaired) electrons. The maximum atomic E-state index is 12.2. The minimum absolute atomic E-state index is 0.0586. The number of allylic oxidation sites excluding steroid dienone is 1. The highest BCUT2D eigenvalue weighted by Gasteiger charge is 2.18. The maximum absolute atomic E-state index is 12.2. The Morgan fingerprint density at radius 3 is 2.60 bits per heavy atom. The van der Waals surface area contributed by atoms with Gasteiger partial charge in [-0.15, -0.1) is 0 Å². The van der Waals surface area contributed by atoms with E-state index in [-0.39, 0.29) is 5.70 Å². The molecule has 3 aromatic rings. The van der Waals surface area contributed by atoms with Crippen molar-refractivity contribution in [2.45, 2.75) is 20.8 Å². The first-order valence-electron chi connectivity index (χ1n) is 7.97. The molecule has 0 bridgehead atoms. The lowest BCUT2D eigenvalue weighted by Gasteiger charge is -2.05. The Balaban J connectivity index is 2.35. The lowest BCUT2D eigenvalue weighted by atomic mass is 9.99. The number of ether oxygens (including phenoxy) is 1. The van der Waals surface area contributed by atoms with Crippen LogP contribution in [0, 0.1) is 17.0 Å². The first-order chi connectivity index (χ1) is 11.9. The predicted molar refractivity (Wildman–Crippen MR) is 97.1 cm³/mol. The Hall–Kier alpha value is -3.15. The third-order valence-electron chi connectivity index (χ3n) is 4.24. The fourth-order valence-corrected chi connectivity index (χ4v) is 2.99. The molecule has 1 heterocycles. The van der Waals surface area contributed by atoms with Gasteiger partial charge in [-0.25, -0.2) is 4.79 Å². The van der Waals surface area contributed by atoms with Gasteiger partial charge in [-0.05, 0) is 36.4 Å². The molecule has 3 rings (SSSR count). The Morgan fingerprint density at radius 2 is 1.96 bits per heavy atom. The number of nitro groups is 1. The number of aromatic amines is 1. The first-order valence-corrected chi connectivity index (χ1v) is 7.97. The van der Waals surface area contributed by atoms with Crippen LogP contribution in [0.2, 0.25) is 0 Å². The normalized spacial score (nSPS) is 11.9. The Morgan fingerprint density at radius 1 is 1.28 bits per heavy atom. The lowest BCUT2D eigenvalue weighted by Crippen LogP contribution is -2.06. The number of hydrogen-bond donors (Lipinski definition) is 1.